The molecule has 1 aromatic heterocycles. The fraction of sp³-hybridized carbons (Fsp3) is 0.438. The van der Waals surface area contributed by atoms with Crippen molar-refractivity contribution in [1.29, 1.82) is 0 Å². The fourth-order valence-electron chi connectivity index (χ4n) is 2.08. The van der Waals surface area contributed by atoms with E-state index in [1.165, 1.54) is 0 Å². The molecule has 0 aliphatic carbocycles. The van der Waals surface area contributed by atoms with Crippen LogP contribution >= 0.6 is 0 Å². The second kappa shape index (κ2) is 8.77. The van der Waals surface area contributed by atoms with Crippen LogP contribution in [-0.4, -0.2) is 33.9 Å². The van der Waals surface area contributed by atoms with Crippen LogP contribution in [0.4, 0.5) is 0 Å². The number of benzene rings is 1. The molecule has 0 aliphatic heterocycles. The number of hydrogen-bond donors (Lipinski definition) is 2. The second-order valence-electron chi connectivity index (χ2n) is 4.89. The number of nitrogens with one attached hydrogen (secondary N) is 2. The maximum atomic E-state index is 5.63. The van der Waals surface area contributed by atoms with E-state index < -0.39 is 0 Å². The predicted molar refractivity (Wildman–Crippen MR) is 90.3 cm³/mol. The molecule has 23 heavy (non-hydrogen) atoms. The second-order valence-corrected chi connectivity index (χ2v) is 4.89. The van der Waals surface area contributed by atoms with Crippen molar-refractivity contribution < 1.29 is 4.74 Å². The predicted octanol–water partition coefficient (Wildman–Crippen LogP) is 1.47. The molecule has 0 aliphatic rings. The number of nitrogens with zero attached hydrogens (tertiary/aromatic N) is 4. The minimum atomic E-state index is 0.546. The molecule has 2 aromatic rings. The Kier molecular flexibility index (Phi) is 6.40. The number of guanidine groups is 1. The first-order chi connectivity index (χ1) is 11.2. The summed E-state index contributed by atoms with van der Waals surface area (Å²) in [6.45, 7) is 6.56. The number of aryl methyl sites for hydroxylation is 1. The van der Waals surface area contributed by atoms with Gasteiger partial charge in [-0.2, -0.15) is 5.10 Å². The SMILES string of the molecule is CCNC(=NCc1ccccc1OCC)NCc1ncnn1C. The molecule has 1 aromatic carbocycles. The Morgan fingerprint density at radius 1 is 1.26 bits per heavy atom. The third kappa shape index (κ3) is 4.98. The normalized spacial score (nSPS) is 11.3. The Bertz CT molecular complexity index is 637. The van der Waals surface area contributed by atoms with Crippen LogP contribution in [0.15, 0.2) is 35.6 Å². The molecule has 7 heteroatoms. The Morgan fingerprint density at radius 2 is 2.09 bits per heavy atom. The number of ether oxygens (including phenoxy) is 1. The number of aliphatic imine (C=N–C) groups is 1. The van der Waals surface area contributed by atoms with E-state index in [-0.39, 0.29) is 0 Å². The lowest BCUT2D eigenvalue weighted by molar-refractivity contribution is 0.336. The first-order valence-corrected chi connectivity index (χ1v) is 7.80. The van der Waals surface area contributed by atoms with Gasteiger partial charge in [0.1, 0.15) is 17.9 Å². The average molecular weight is 316 g/mol. The topological polar surface area (TPSA) is 76.4 Å². The highest BCUT2D eigenvalue weighted by Crippen LogP contribution is 2.18. The van der Waals surface area contributed by atoms with Crippen LogP contribution in [-0.2, 0) is 20.1 Å². The summed E-state index contributed by atoms with van der Waals surface area (Å²) < 4.78 is 7.37. The monoisotopic (exact) mass is 316 g/mol. The molecule has 1 heterocycles. The van der Waals surface area contributed by atoms with Gasteiger partial charge in [0.05, 0.1) is 19.7 Å². The van der Waals surface area contributed by atoms with E-state index in [2.05, 4.69) is 25.7 Å². The van der Waals surface area contributed by atoms with E-state index in [0.717, 1.165) is 29.6 Å². The summed E-state index contributed by atoms with van der Waals surface area (Å²) in [6.07, 6.45) is 1.54. The van der Waals surface area contributed by atoms with E-state index >= 15 is 0 Å². The van der Waals surface area contributed by atoms with Gasteiger partial charge in [0.15, 0.2) is 5.96 Å². The summed E-state index contributed by atoms with van der Waals surface area (Å²) in [4.78, 5) is 8.80. The summed E-state index contributed by atoms with van der Waals surface area (Å²) in [6, 6.07) is 7.96. The van der Waals surface area contributed by atoms with Crippen LogP contribution in [0.1, 0.15) is 25.2 Å². The van der Waals surface area contributed by atoms with Gasteiger partial charge in [-0.1, -0.05) is 18.2 Å². The first-order valence-electron chi connectivity index (χ1n) is 7.80. The highest BCUT2D eigenvalue weighted by atomic mass is 16.5. The molecular formula is C16H24N6O. The van der Waals surface area contributed by atoms with Crippen molar-refractivity contribution in [2.45, 2.75) is 26.9 Å². The highest BCUT2D eigenvalue weighted by Gasteiger charge is 2.05. The van der Waals surface area contributed by atoms with E-state index in [0.29, 0.717) is 19.7 Å². The van der Waals surface area contributed by atoms with Gasteiger partial charge in [-0.15, -0.1) is 0 Å². The Balaban J connectivity index is 2.02. The van der Waals surface area contributed by atoms with Crippen LogP contribution in [0.5, 0.6) is 5.75 Å². The van der Waals surface area contributed by atoms with Crippen LogP contribution < -0.4 is 15.4 Å². The summed E-state index contributed by atoms with van der Waals surface area (Å²) in [5.74, 6) is 2.47. The number of rotatable bonds is 7. The largest absolute Gasteiger partial charge is 0.494 e. The van der Waals surface area contributed by atoms with Crippen molar-refractivity contribution in [3.8, 4) is 5.75 Å². The lowest BCUT2D eigenvalue weighted by Gasteiger charge is -2.12. The van der Waals surface area contributed by atoms with Gasteiger partial charge in [0.25, 0.3) is 0 Å². The minimum Gasteiger partial charge on any atom is -0.494 e. The molecule has 0 amide bonds. The van der Waals surface area contributed by atoms with Crippen molar-refractivity contribution in [2.24, 2.45) is 12.0 Å². The molecule has 0 spiro atoms. The quantitative estimate of drug-likeness (QED) is 0.597. The molecule has 0 atom stereocenters. The number of para-hydroxylation sites is 1. The maximum Gasteiger partial charge on any atom is 0.191 e. The lowest BCUT2D eigenvalue weighted by atomic mass is 10.2. The van der Waals surface area contributed by atoms with Crippen LogP contribution in [0.2, 0.25) is 0 Å². The Hall–Kier alpha value is -2.57. The molecule has 0 unspecified atom stereocenters. The van der Waals surface area contributed by atoms with Crippen molar-refractivity contribution in [1.82, 2.24) is 25.4 Å². The Labute approximate surface area is 136 Å². The zero-order chi connectivity index (χ0) is 16.5. The third-order valence-corrected chi connectivity index (χ3v) is 3.24. The molecule has 0 fully saturated rings. The van der Waals surface area contributed by atoms with Gasteiger partial charge in [0, 0.05) is 19.2 Å². The zero-order valence-corrected chi connectivity index (χ0v) is 13.9. The van der Waals surface area contributed by atoms with Gasteiger partial charge < -0.3 is 15.4 Å². The van der Waals surface area contributed by atoms with Gasteiger partial charge in [-0.05, 0) is 19.9 Å². The summed E-state index contributed by atoms with van der Waals surface area (Å²) in [5.41, 5.74) is 1.06. The standard InChI is InChI=1S/C16H24N6O/c1-4-17-16(19-11-15-20-12-21-22(15)3)18-10-13-8-6-7-9-14(13)23-5-2/h6-9,12H,4-5,10-11H2,1-3H3,(H2,17,18,19). The Morgan fingerprint density at radius 3 is 2.78 bits per heavy atom. The maximum absolute atomic E-state index is 5.63. The molecule has 2 N–H and O–H groups in total. The fourth-order valence-corrected chi connectivity index (χ4v) is 2.08. The van der Waals surface area contributed by atoms with Gasteiger partial charge in [-0.25, -0.2) is 9.98 Å². The molecule has 7 nitrogen and oxygen atoms in total. The molecule has 0 radical (unpaired) electrons. The lowest BCUT2D eigenvalue weighted by Crippen LogP contribution is -2.37. The van der Waals surface area contributed by atoms with E-state index in [9.17, 15) is 0 Å². The van der Waals surface area contributed by atoms with Crippen LogP contribution in [0, 0.1) is 0 Å². The molecule has 124 valence electrons. The van der Waals surface area contributed by atoms with E-state index in [1.807, 2.05) is 45.2 Å². The molecule has 2 rings (SSSR count). The number of hydrogen-bond acceptors (Lipinski definition) is 4. The molecule has 0 saturated heterocycles. The van der Waals surface area contributed by atoms with Crippen LogP contribution in [0.25, 0.3) is 0 Å². The zero-order valence-electron chi connectivity index (χ0n) is 13.9. The van der Waals surface area contributed by atoms with E-state index in [4.69, 9.17) is 4.74 Å². The molecule has 0 bridgehead atoms. The van der Waals surface area contributed by atoms with Crippen molar-refractivity contribution in [3.05, 3.63) is 42.0 Å². The summed E-state index contributed by atoms with van der Waals surface area (Å²) in [7, 11) is 1.87. The minimum absolute atomic E-state index is 0.546. The number of aromatic nitrogens is 3. The van der Waals surface area contributed by atoms with Gasteiger partial charge >= 0.3 is 0 Å². The average Bonchev–Trinajstić information content (AvgIpc) is 2.97. The first kappa shape index (κ1) is 16.8. The smallest absolute Gasteiger partial charge is 0.191 e. The van der Waals surface area contributed by atoms with Crippen molar-refractivity contribution in [3.63, 3.8) is 0 Å². The summed E-state index contributed by atoms with van der Waals surface area (Å²) in [5, 5.41) is 10.5. The van der Waals surface area contributed by atoms with Crippen LogP contribution in [0.3, 0.4) is 0 Å². The van der Waals surface area contributed by atoms with E-state index in [1.54, 1.807) is 11.0 Å². The highest BCUT2D eigenvalue weighted by molar-refractivity contribution is 5.79. The molecular weight excluding hydrogens is 292 g/mol. The molecule has 0 saturated carbocycles. The summed E-state index contributed by atoms with van der Waals surface area (Å²) >= 11 is 0. The third-order valence-electron chi connectivity index (χ3n) is 3.24. The van der Waals surface area contributed by atoms with Crippen molar-refractivity contribution >= 4 is 5.96 Å². The van der Waals surface area contributed by atoms with Gasteiger partial charge in [-0.3, -0.25) is 4.68 Å². The van der Waals surface area contributed by atoms with Crippen molar-refractivity contribution in [2.75, 3.05) is 13.2 Å². The van der Waals surface area contributed by atoms with Gasteiger partial charge in [0.2, 0.25) is 0 Å².